The number of nitrogens with zero attached hydrogens (tertiary/aromatic N) is 3. The Bertz CT molecular complexity index is 900. The maximum Gasteiger partial charge on any atom is 0.358 e. The molecule has 0 atom stereocenters. The van der Waals surface area contributed by atoms with Gasteiger partial charge in [0, 0.05) is 18.2 Å². The number of imidazole rings is 1. The van der Waals surface area contributed by atoms with Gasteiger partial charge < -0.3 is 10.1 Å². The molecule has 24 heavy (non-hydrogen) atoms. The first-order valence-electron chi connectivity index (χ1n) is 7.48. The molecule has 3 aromatic rings. The number of nitrogens with one attached hydrogen (secondary N) is 1. The fourth-order valence-electron chi connectivity index (χ4n) is 2.31. The summed E-state index contributed by atoms with van der Waals surface area (Å²) in [6.45, 7) is 3.49. The van der Waals surface area contributed by atoms with E-state index in [9.17, 15) is 9.59 Å². The first-order valence-corrected chi connectivity index (χ1v) is 7.48. The third-order valence-corrected chi connectivity index (χ3v) is 3.35. The van der Waals surface area contributed by atoms with Crippen molar-refractivity contribution in [3.8, 4) is 11.3 Å². The van der Waals surface area contributed by atoms with Crippen LogP contribution in [0.2, 0.25) is 0 Å². The van der Waals surface area contributed by atoms with Crippen molar-refractivity contribution in [3.63, 3.8) is 0 Å². The number of anilines is 1. The number of hydrogen-bond donors (Lipinski definition) is 1. The van der Waals surface area contributed by atoms with Gasteiger partial charge in [0.2, 0.25) is 5.91 Å². The zero-order chi connectivity index (χ0) is 17.1. The van der Waals surface area contributed by atoms with Crippen molar-refractivity contribution in [2.24, 2.45) is 0 Å². The Morgan fingerprint density at radius 3 is 2.58 bits per heavy atom. The topological polar surface area (TPSA) is 85.6 Å². The normalized spacial score (nSPS) is 10.6. The summed E-state index contributed by atoms with van der Waals surface area (Å²) in [7, 11) is 0. The SMILES string of the molecule is CCOC(=O)c1ccc2ncc(-c3ccc(NC(C)=O)cc3)n2n1. The second-order valence-electron chi connectivity index (χ2n) is 5.11. The molecule has 2 heterocycles. The summed E-state index contributed by atoms with van der Waals surface area (Å²) in [5.41, 5.74) is 3.17. The van der Waals surface area contributed by atoms with E-state index < -0.39 is 5.97 Å². The monoisotopic (exact) mass is 324 g/mol. The van der Waals surface area contributed by atoms with Crippen LogP contribution in [0, 0.1) is 0 Å². The van der Waals surface area contributed by atoms with Crippen LogP contribution in [0.4, 0.5) is 5.69 Å². The van der Waals surface area contributed by atoms with E-state index in [4.69, 9.17) is 4.74 Å². The number of hydrogen-bond acceptors (Lipinski definition) is 5. The lowest BCUT2D eigenvalue weighted by molar-refractivity contribution is -0.114. The van der Waals surface area contributed by atoms with Crippen LogP contribution in [0.3, 0.4) is 0 Å². The lowest BCUT2D eigenvalue weighted by Gasteiger charge is -2.06. The number of esters is 1. The first kappa shape index (κ1) is 15.7. The fraction of sp³-hybridized carbons (Fsp3) is 0.176. The lowest BCUT2D eigenvalue weighted by atomic mass is 10.1. The van der Waals surface area contributed by atoms with Crippen LogP contribution >= 0.6 is 0 Å². The van der Waals surface area contributed by atoms with E-state index in [1.807, 2.05) is 12.1 Å². The molecule has 0 spiro atoms. The Morgan fingerprint density at radius 2 is 1.92 bits per heavy atom. The largest absolute Gasteiger partial charge is 0.461 e. The highest BCUT2D eigenvalue weighted by molar-refractivity contribution is 5.89. The molecule has 0 fully saturated rings. The Balaban J connectivity index is 1.98. The van der Waals surface area contributed by atoms with E-state index in [1.54, 1.807) is 41.9 Å². The number of fused-ring (bicyclic) bond motifs is 1. The van der Waals surface area contributed by atoms with Crippen LogP contribution in [0.1, 0.15) is 24.3 Å². The zero-order valence-electron chi connectivity index (χ0n) is 13.3. The van der Waals surface area contributed by atoms with E-state index >= 15 is 0 Å². The smallest absolute Gasteiger partial charge is 0.358 e. The second kappa shape index (κ2) is 6.49. The molecule has 0 bridgehead atoms. The maximum absolute atomic E-state index is 11.8. The van der Waals surface area contributed by atoms with Gasteiger partial charge in [-0.15, -0.1) is 0 Å². The molecule has 1 aromatic carbocycles. The number of rotatable bonds is 4. The number of benzene rings is 1. The van der Waals surface area contributed by atoms with Gasteiger partial charge in [-0.05, 0) is 31.2 Å². The van der Waals surface area contributed by atoms with E-state index in [2.05, 4.69) is 15.4 Å². The molecule has 0 aliphatic heterocycles. The van der Waals surface area contributed by atoms with Crippen molar-refractivity contribution in [2.45, 2.75) is 13.8 Å². The van der Waals surface area contributed by atoms with Crippen LogP contribution in [0.15, 0.2) is 42.6 Å². The van der Waals surface area contributed by atoms with Crippen molar-refractivity contribution in [3.05, 3.63) is 48.3 Å². The van der Waals surface area contributed by atoms with E-state index in [0.717, 1.165) is 11.3 Å². The van der Waals surface area contributed by atoms with E-state index in [0.29, 0.717) is 17.9 Å². The summed E-state index contributed by atoms with van der Waals surface area (Å²) >= 11 is 0. The third-order valence-electron chi connectivity index (χ3n) is 3.35. The van der Waals surface area contributed by atoms with Crippen molar-refractivity contribution in [1.29, 1.82) is 0 Å². The Morgan fingerprint density at radius 1 is 1.17 bits per heavy atom. The second-order valence-corrected chi connectivity index (χ2v) is 5.11. The van der Waals surface area contributed by atoms with Crippen molar-refractivity contribution in [2.75, 3.05) is 11.9 Å². The standard InChI is InChI=1S/C17H16N4O3/c1-3-24-17(23)14-8-9-16-18-10-15(21(16)20-14)12-4-6-13(7-5-12)19-11(2)22/h4-10H,3H2,1-2H3,(H,19,22). The Hall–Kier alpha value is -3.22. The van der Waals surface area contributed by atoms with Crippen LogP contribution < -0.4 is 5.32 Å². The highest BCUT2D eigenvalue weighted by Gasteiger charge is 2.13. The van der Waals surface area contributed by atoms with Crippen molar-refractivity contribution in [1.82, 2.24) is 14.6 Å². The summed E-state index contributed by atoms with van der Waals surface area (Å²) in [5.74, 6) is -0.599. The average Bonchev–Trinajstić information content (AvgIpc) is 2.98. The fourth-order valence-corrected chi connectivity index (χ4v) is 2.31. The van der Waals surface area contributed by atoms with Gasteiger partial charge >= 0.3 is 5.97 Å². The number of carbonyl (C=O) groups excluding carboxylic acids is 2. The number of carbonyl (C=O) groups is 2. The molecule has 2 aromatic heterocycles. The number of amides is 1. The van der Waals surface area contributed by atoms with Crippen LogP contribution in [0.25, 0.3) is 16.9 Å². The van der Waals surface area contributed by atoms with Crippen LogP contribution in [-0.2, 0) is 9.53 Å². The molecule has 7 nitrogen and oxygen atoms in total. The molecule has 0 aliphatic carbocycles. The van der Waals surface area contributed by atoms with Crippen LogP contribution in [-0.4, -0.2) is 33.1 Å². The van der Waals surface area contributed by atoms with E-state index in [-0.39, 0.29) is 11.6 Å². The van der Waals surface area contributed by atoms with E-state index in [1.165, 1.54) is 6.92 Å². The highest BCUT2D eigenvalue weighted by atomic mass is 16.5. The first-order chi connectivity index (χ1) is 11.6. The Kier molecular flexibility index (Phi) is 4.24. The molecule has 122 valence electrons. The minimum atomic E-state index is -0.472. The zero-order valence-corrected chi connectivity index (χ0v) is 13.3. The summed E-state index contributed by atoms with van der Waals surface area (Å²) in [4.78, 5) is 27.2. The maximum atomic E-state index is 11.8. The highest BCUT2D eigenvalue weighted by Crippen LogP contribution is 2.22. The van der Waals surface area contributed by atoms with Crippen molar-refractivity contribution < 1.29 is 14.3 Å². The molecular formula is C17H16N4O3. The van der Waals surface area contributed by atoms with Gasteiger partial charge in [0.1, 0.15) is 0 Å². The van der Waals surface area contributed by atoms with Gasteiger partial charge in [-0.25, -0.2) is 14.3 Å². The van der Waals surface area contributed by atoms with Crippen molar-refractivity contribution >= 4 is 23.2 Å². The summed E-state index contributed by atoms with van der Waals surface area (Å²) in [6.07, 6.45) is 1.69. The Labute approximate surface area is 138 Å². The molecule has 0 saturated heterocycles. The predicted octanol–water partition coefficient (Wildman–Crippen LogP) is 2.53. The molecule has 7 heteroatoms. The molecule has 3 rings (SSSR count). The number of aromatic nitrogens is 3. The minimum absolute atomic E-state index is 0.127. The molecule has 0 unspecified atom stereocenters. The molecule has 0 saturated carbocycles. The summed E-state index contributed by atoms with van der Waals surface area (Å²) < 4.78 is 6.57. The van der Waals surface area contributed by atoms with Gasteiger partial charge in [-0.2, -0.15) is 5.10 Å². The quantitative estimate of drug-likeness (QED) is 0.745. The van der Waals surface area contributed by atoms with Crippen LogP contribution in [0.5, 0.6) is 0 Å². The molecule has 0 aliphatic rings. The van der Waals surface area contributed by atoms with Gasteiger partial charge in [-0.3, -0.25) is 4.79 Å². The molecule has 0 radical (unpaired) electrons. The van der Waals surface area contributed by atoms with Gasteiger partial charge in [0.05, 0.1) is 18.5 Å². The van der Waals surface area contributed by atoms with Gasteiger partial charge in [0.25, 0.3) is 0 Å². The molecule has 1 amide bonds. The average molecular weight is 324 g/mol. The molecule has 1 N–H and O–H groups in total. The number of ether oxygens (including phenoxy) is 1. The summed E-state index contributed by atoms with van der Waals surface area (Å²) in [5, 5.41) is 7.03. The predicted molar refractivity (Wildman–Crippen MR) is 88.7 cm³/mol. The van der Waals surface area contributed by atoms with Gasteiger partial charge in [0.15, 0.2) is 11.3 Å². The van der Waals surface area contributed by atoms with Gasteiger partial charge in [-0.1, -0.05) is 12.1 Å². The summed E-state index contributed by atoms with van der Waals surface area (Å²) in [6, 6.07) is 10.6. The lowest BCUT2D eigenvalue weighted by Crippen LogP contribution is -2.10. The molecular weight excluding hydrogens is 308 g/mol. The third kappa shape index (κ3) is 3.10. The minimum Gasteiger partial charge on any atom is -0.461 e.